The van der Waals surface area contributed by atoms with E-state index in [1.54, 1.807) is 0 Å². The van der Waals surface area contributed by atoms with E-state index in [1.807, 2.05) is 56.8 Å². The van der Waals surface area contributed by atoms with Crippen molar-refractivity contribution < 1.29 is 0 Å². The van der Waals surface area contributed by atoms with Crippen molar-refractivity contribution in [3.63, 3.8) is 0 Å². The molecule has 1 heterocycles. The van der Waals surface area contributed by atoms with Crippen molar-refractivity contribution in [2.24, 2.45) is 0 Å². The Balaban J connectivity index is 1.95. The van der Waals surface area contributed by atoms with E-state index < -0.39 is 0 Å². The van der Waals surface area contributed by atoms with Crippen molar-refractivity contribution in [3.8, 4) is 0 Å². The molecule has 4 nitrogen and oxygen atoms in total. The van der Waals surface area contributed by atoms with Gasteiger partial charge in [0.2, 0.25) is 0 Å². The lowest BCUT2D eigenvalue weighted by atomic mass is 10.2. The zero-order chi connectivity index (χ0) is 13.0. The number of nitrogens with one attached hydrogen (secondary N) is 3. The molecule has 0 fully saturated rings. The first-order chi connectivity index (χ1) is 8.65. The van der Waals surface area contributed by atoms with E-state index in [0.717, 1.165) is 17.1 Å². The standard InChI is InChI=1S/C13H16N4S/c1-17(2)12-5-3-10(4-6-12)15-13(18)16-11-7-8-14-9-11/h3-9,14H,1-2H3,(H2,15,16,18). The first-order valence-electron chi connectivity index (χ1n) is 5.63. The van der Waals surface area contributed by atoms with E-state index in [-0.39, 0.29) is 0 Å². The van der Waals surface area contributed by atoms with Gasteiger partial charge in [0.05, 0.1) is 5.69 Å². The average molecular weight is 260 g/mol. The monoisotopic (exact) mass is 260 g/mol. The molecule has 0 aliphatic rings. The van der Waals surface area contributed by atoms with Gasteiger partial charge in [-0.25, -0.2) is 0 Å². The van der Waals surface area contributed by atoms with Gasteiger partial charge in [0.1, 0.15) is 0 Å². The van der Waals surface area contributed by atoms with Crippen LogP contribution in [-0.4, -0.2) is 24.2 Å². The number of thiocarbonyl (C=S) groups is 1. The zero-order valence-corrected chi connectivity index (χ0v) is 11.2. The molecular weight excluding hydrogens is 244 g/mol. The second kappa shape index (κ2) is 5.55. The predicted molar refractivity (Wildman–Crippen MR) is 81.4 cm³/mol. The molecule has 0 spiro atoms. The molecule has 18 heavy (non-hydrogen) atoms. The third-order valence-electron chi connectivity index (χ3n) is 2.50. The third kappa shape index (κ3) is 3.24. The molecule has 2 rings (SSSR count). The first kappa shape index (κ1) is 12.4. The number of benzene rings is 1. The second-order valence-corrected chi connectivity index (χ2v) is 4.53. The lowest BCUT2D eigenvalue weighted by Gasteiger charge is -2.14. The van der Waals surface area contributed by atoms with E-state index in [0.29, 0.717) is 5.11 Å². The maximum Gasteiger partial charge on any atom is 0.175 e. The highest BCUT2D eigenvalue weighted by atomic mass is 32.1. The smallest absolute Gasteiger partial charge is 0.175 e. The molecule has 0 bridgehead atoms. The first-order valence-corrected chi connectivity index (χ1v) is 6.04. The zero-order valence-electron chi connectivity index (χ0n) is 10.4. The van der Waals surface area contributed by atoms with Gasteiger partial charge in [-0.2, -0.15) is 0 Å². The largest absolute Gasteiger partial charge is 0.378 e. The summed E-state index contributed by atoms with van der Waals surface area (Å²) in [7, 11) is 4.03. The van der Waals surface area contributed by atoms with E-state index in [1.165, 1.54) is 0 Å². The van der Waals surface area contributed by atoms with Crippen LogP contribution in [0, 0.1) is 0 Å². The van der Waals surface area contributed by atoms with Crippen LogP contribution in [-0.2, 0) is 0 Å². The van der Waals surface area contributed by atoms with Crippen molar-refractivity contribution >= 4 is 34.4 Å². The number of H-pyrrole nitrogens is 1. The number of aromatic nitrogens is 1. The van der Waals surface area contributed by atoms with E-state index in [2.05, 4.69) is 20.5 Å². The van der Waals surface area contributed by atoms with Gasteiger partial charge in [0.15, 0.2) is 5.11 Å². The molecule has 0 aliphatic carbocycles. The van der Waals surface area contributed by atoms with Gasteiger partial charge < -0.3 is 20.5 Å². The van der Waals surface area contributed by atoms with Crippen LogP contribution in [0.5, 0.6) is 0 Å². The van der Waals surface area contributed by atoms with Crippen LogP contribution < -0.4 is 15.5 Å². The van der Waals surface area contributed by atoms with Crippen LogP contribution in [0.25, 0.3) is 0 Å². The topological polar surface area (TPSA) is 43.1 Å². The van der Waals surface area contributed by atoms with Crippen LogP contribution >= 0.6 is 12.2 Å². The summed E-state index contributed by atoms with van der Waals surface area (Å²) in [6.45, 7) is 0. The highest BCUT2D eigenvalue weighted by molar-refractivity contribution is 7.80. The van der Waals surface area contributed by atoms with Gasteiger partial charge in [0.25, 0.3) is 0 Å². The van der Waals surface area contributed by atoms with Crippen molar-refractivity contribution in [2.45, 2.75) is 0 Å². The molecule has 0 radical (unpaired) electrons. The molecule has 5 heteroatoms. The number of nitrogens with zero attached hydrogens (tertiary/aromatic N) is 1. The van der Waals surface area contributed by atoms with Gasteiger partial charge in [0, 0.05) is 37.9 Å². The summed E-state index contributed by atoms with van der Waals surface area (Å²) in [6.07, 6.45) is 3.69. The second-order valence-electron chi connectivity index (χ2n) is 4.12. The van der Waals surface area contributed by atoms with Crippen LogP contribution in [0.4, 0.5) is 17.1 Å². The number of hydrogen-bond donors (Lipinski definition) is 3. The Morgan fingerprint density at radius 2 is 1.72 bits per heavy atom. The van der Waals surface area contributed by atoms with Crippen molar-refractivity contribution in [1.29, 1.82) is 0 Å². The molecule has 0 saturated heterocycles. The van der Waals surface area contributed by atoms with Crippen LogP contribution in [0.1, 0.15) is 0 Å². The quantitative estimate of drug-likeness (QED) is 0.742. The molecule has 0 unspecified atom stereocenters. The average Bonchev–Trinajstić information content (AvgIpc) is 2.82. The van der Waals surface area contributed by atoms with Gasteiger partial charge in [-0.1, -0.05) is 0 Å². The molecule has 3 N–H and O–H groups in total. The molecule has 2 aromatic rings. The predicted octanol–water partition coefficient (Wildman–Crippen LogP) is 2.89. The third-order valence-corrected chi connectivity index (χ3v) is 2.70. The highest BCUT2D eigenvalue weighted by Crippen LogP contribution is 2.16. The molecule has 1 aromatic heterocycles. The lowest BCUT2D eigenvalue weighted by Crippen LogP contribution is -2.18. The summed E-state index contributed by atoms with van der Waals surface area (Å²) in [5, 5.41) is 6.80. The number of rotatable bonds is 3. The van der Waals surface area contributed by atoms with Crippen LogP contribution in [0.2, 0.25) is 0 Å². The number of aromatic amines is 1. The highest BCUT2D eigenvalue weighted by Gasteiger charge is 2.00. The summed E-state index contributed by atoms with van der Waals surface area (Å²) in [5.41, 5.74) is 3.07. The fraction of sp³-hybridized carbons (Fsp3) is 0.154. The molecule has 1 aromatic carbocycles. The lowest BCUT2D eigenvalue weighted by molar-refractivity contribution is 1.13. The molecule has 94 valence electrons. The van der Waals surface area contributed by atoms with Gasteiger partial charge in [-0.3, -0.25) is 0 Å². The molecule has 0 saturated carbocycles. The van der Waals surface area contributed by atoms with Crippen molar-refractivity contribution in [2.75, 3.05) is 29.6 Å². The fourth-order valence-electron chi connectivity index (χ4n) is 1.54. The molecular formula is C13H16N4S. The molecule has 0 aliphatic heterocycles. The van der Waals surface area contributed by atoms with Gasteiger partial charge in [-0.05, 0) is 42.5 Å². The Labute approximate surface area is 112 Å². The minimum Gasteiger partial charge on any atom is -0.378 e. The van der Waals surface area contributed by atoms with Crippen LogP contribution in [0.3, 0.4) is 0 Å². The Morgan fingerprint density at radius 1 is 1.06 bits per heavy atom. The Kier molecular flexibility index (Phi) is 3.84. The Hall–Kier alpha value is -2.01. The fourth-order valence-corrected chi connectivity index (χ4v) is 1.77. The molecule has 0 atom stereocenters. The minimum atomic E-state index is 0.576. The minimum absolute atomic E-state index is 0.576. The summed E-state index contributed by atoms with van der Waals surface area (Å²) < 4.78 is 0. The van der Waals surface area contributed by atoms with Crippen molar-refractivity contribution in [1.82, 2.24) is 4.98 Å². The Morgan fingerprint density at radius 3 is 2.28 bits per heavy atom. The van der Waals surface area contributed by atoms with E-state index >= 15 is 0 Å². The Bertz CT molecular complexity index is 502. The van der Waals surface area contributed by atoms with E-state index in [9.17, 15) is 0 Å². The van der Waals surface area contributed by atoms with Crippen molar-refractivity contribution in [3.05, 3.63) is 42.7 Å². The summed E-state index contributed by atoms with van der Waals surface area (Å²) in [4.78, 5) is 5.02. The van der Waals surface area contributed by atoms with E-state index in [4.69, 9.17) is 12.2 Å². The number of anilines is 3. The van der Waals surface area contributed by atoms with Gasteiger partial charge in [-0.15, -0.1) is 0 Å². The van der Waals surface area contributed by atoms with Gasteiger partial charge >= 0.3 is 0 Å². The summed E-state index contributed by atoms with van der Waals surface area (Å²) >= 11 is 5.22. The SMILES string of the molecule is CN(C)c1ccc(NC(=S)Nc2cc[nH]c2)cc1. The maximum atomic E-state index is 5.22. The number of hydrogen-bond acceptors (Lipinski definition) is 2. The summed E-state index contributed by atoms with van der Waals surface area (Å²) in [5.74, 6) is 0. The molecule has 0 amide bonds. The maximum absolute atomic E-state index is 5.22. The summed E-state index contributed by atoms with van der Waals surface area (Å²) in [6, 6.07) is 10.0. The normalized spacial score (nSPS) is 9.89. The van der Waals surface area contributed by atoms with Crippen LogP contribution in [0.15, 0.2) is 42.7 Å².